The predicted octanol–water partition coefficient (Wildman–Crippen LogP) is 2.14. The van der Waals surface area contributed by atoms with Crippen LogP contribution >= 0.6 is 7.55 Å². The lowest BCUT2D eigenvalue weighted by molar-refractivity contribution is 0.460. The summed E-state index contributed by atoms with van der Waals surface area (Å²) in [4.78, 5) is 2.44. The average molecular weight is 182 g/mol. The molecule has 0 saturated carbocycles. The van der Waals surface area contributed by atoms with Crippen LogP contribution in [0.25, 0.3) is 0 Å². The maximum absolute atomic E-state index is 2.65. The second-order valence-corrected chi connectivity index (χ2v) is 6.08. The van der Waals surface area contributed by atoms with Gasteiger partial charge in [0.05, 0.1) is 13.3 Å². The highest BCUT2D eigenvalue weighted by molar-refractivity contribution is 7.64. The molecule has 0 radical (unpaired) electrons. The van der Waals surface area contributed by atoms with E-state index >= 15 is 0 Å². The Hall–Kier alpha value is -0.290. The van der Waals surface area contributed by atoms with Gasteiger partial charge in [0.2, 0.25) is 0 Å². The first-order chi connectivity index (χ1) is 5.88. The van der Waals surface area contributed by atoms with E-state index in [1.54, 1.807) is 0 Å². The molecule has 66 valence electrons. The molecule has 1 atom stereocenters. The zero-order chi connectivity index (χ0) is 8.39. The Morgan fingerprint density at radius 1 is 1.42 bits per heavy atom. The molecule has 2 heterocycles. The Morgan fingerprint density at radius 3 is 2.92 bits per heavy atom. The first-order valence-corrected chi connectivity index (χ1v) is 6.62. The fraction of sp³-hybridized carbons (Fsp3) is 0.700. The van der Waals surface area contributed by atoms with Crippen LogP contribution in [0.3, 0.4) is 0 Å². The van der Waals surface area contributed by atoms with Gasteiger partial charge in [0.25, 0.3) is 0 Å². The SMILES string of the molecule is C/C=C/N1CCC(C=[P+]2CC2)C1. The van der Waals surface area contributed by atoms with Gasteiger partial charge in [-0.25, -0.2) is 0 Å². The molecule has 0 spiro atoms. The lowest BCUT2D eigenvalue weighted by Crippen LogP contribution is -2.13. The van der Waals surface area contributed by atoms with Gasteiger partial charge in [-0.15, -0.1) is 0 Å². The van der Waals surface area contributed by atoms with Crippen LogP contribution in [-0.2, 0) is 0 Å². The van der Waals surface area contributed by atoms with Crippen LogP contribution in [0.4, 0.5) is 0 Å². The smallest absolute Gasteiger partial charge is 0.146 e. The van der Waals surface area contributed by atoms with Gasteiger partial charge in [0.1, 0.15) is 12.3 Å². The minimum atomic E-state index is 0.434. The van der Waals surface area contributed by atoms with Gasteiger partial charge in [0.15, 0.2) is 0 Å². The number of hydrogen-bond donors (Lipinski definition) is 0. The van der Waals surface area contributed by atoms with Crippen LogP contribution in [-0.4, -0.2) is 36.1 Å². The molecule has 2 rings (SSSR count). The number of allylic oxidation sites excluding steroid dienone is 1. The maximum atomic E-state index is 2.65. The van der Waals surface area contributed by atoms with E-state index in [0.717, 1.165) is 5.92 Å². The zero-order valence-electron chi connectivity index (χ0n) is 7.74. The van der Waals surface area contributed by atoms with Gasteiger partial charge >= 0.3 is 0 Å². The second kappa shape index (κ2) is 3.62. The molecule has 12 heavy (non-hydrogen) atoms. The van der Waals surface area contributed by atoms with Gasteiger partial charge in [0, 0.05) is 19.0 Å². The van der Waals surface area contributed by atoms with E-state index < -0.39 is 0 Å². The summed E-state index contributed by atoms with van der Waals surface area (Å²) in [7, 11) is 0.434. The van der Waals surface area contributed by atoms with Crippen molar-refractivity contribution in [2.24, 2.45) is 5.92 Å². The van der Waals surface area contributed by atoms with Gasteiger partial charge < -0.3 is 4.90 Å². The number of nitrogens with zero attached hydrogens (tertiary/aromatic N) is 1. The van der Waals surface area contributed by atoms with Crippen molar-refractivity contribution < 1.29 is 0 Å². The average Bonchev–Trinajstić information content (AvgIpc) is 2.74. The molecule has 2 aliphatic rings. The molecule has 0 aromatic rings. The summed E-state index contributed by atoms with van der Waals surface area (Å²) in [5.74, 6) is 3.56. The van der Waals surface area contributed by atoms with Crippen molar-refractivity contribution in [3.63, 3.8) is 0 Å². The molecular weight excluding hydrogens is 165 g/mol. The van der Waals surface area contributed by atoms with Crippen LogP contribution in [0, 0.1) is 5.92 Å². The molecule has 2 heteroatoms. The van der Waals surface area contributed by atoms with Crippen molar-refractivity contribution in [1.82, 2.24) is 4.90 Å². The summed E-state index contributed by atoms with van der Waals surface area (Å²) < 4.78 is 0. The van der Waals surface area contributed by atoms with Crippen molar-refractivity contribution in [1.29, 1.82) is 0 Å². The Kier molecular flexibility index (Phi) is 2.51. The highest BCUT2D eigenvalue weighted by atomic mass is 31.1. The summed E-state index contributed by atoms with van der Waals surface area (Å²) in [6.07, 6.45) is 8.81. The van der Waals surface area contributed by atoms with E-state index in [2.05, 4.69) is 29.9 Å². The minimum Gasteiger partial charge on any atom is -0.377 e. The van der Waals surface area contributed by atoms with Gasteiger partial charge in [-0.3, -0.25) is 0 Å². The number of likely N-dealkylation sites (tertiary alicyclic amines) is 1. The Balaban J connectivity index is 1.85. The normalized spacial score (nSPS) is 28.6. The third-order valence-corrected chi connectivity index (χ3v) is 4.33. The van der Waals surface area contributed by atoms with E-state index in [-0.39, 0.29) is 0 Å². The fourth-order valence-electron chi connectivity index (χ4n) is 1.79. The second-order valence-electron chi connectivity index (χ2n) is 3.71. The lowest BCUT2D eigenvalue weighted by atomic mass is 10.2. The summed E-state index contributed by atoms with van der Waals surface area (Å²) in [6.45, 7) is 4.65. The topological polar surface area (TPSA) is 3.24 Å². The molecule has 1 nitrogen and oxygen atoms in total. The molecule has 0 N–H and O–H groups in total. The molecule has 2 fully saturated rings. The summed E-state index contributed by atoms with van der Waals surface area (Å²) in [5, 5.41) is 0. The van der Waals surface area contributed by atoms with Crippen molar-refractivity contribution in [3.05, 3.63) is 12.3 Å². The van der Waals surface area contributed by atoms with E-state index in [4.69, 9.17) is 0 Å². The molecule has 0 bridgehead atoms. The molecular formula is C10H17NP+. The van der Waals surface area contributed by atoms with Crippen molar-refractivity contribution in [2.75, 3.05) is 25.4 Å². The molecule has 1 unspecified atom stereocenters. The molecule has 2 saturated heterocycles. The first-order valence-electron chi connectivity index (χ1n) is 4.84. The van der Waals surface area contributed by atoms with E-state index in [1.165, 1.54) is 31.8 Å². The highest BCUT2D eigenvalue weighted by Crippen LogP contribution is 2.39. The van der Waals surface area contributed by atoms with Crippen LogP contribution in [0.5, 0.6) is 0 Å². The summed E-state index contributed by atoms with van der Waals surface area (Å²) >= 11 is 0. The monoisotopic (exact) mass is 182 g/mol. The Bertz CT molecular complexity index is 214. The molecule has 0 aromatic heterocycles. The third kappa shape index (κ3) is 2.10. The molecule has 0 aromatic carbocycles. The van der Waals surface area contributed by atoms with Gasteiger partial charge in [-0.1, -0.05) is 6.08 Å². The van der Waals surface area contributed by atoms with Crippen molar-refractivity contribution in [2.45, 2.75) is 13.3 Å². The number of rotatable bonds is 2. The van der Waals surface area contributed by atoms with Crippen LogP contribution in [0.1, 0.15) is 13.3 Å². The van der Waals surface area contributed by atoms with E-state index in [1.807, 2.05) is 0 Å². The first kappa shape index (κ1) is 8.31. The zero-order valence-corrected chi connectivity index (χ0v) is 8.63. The third-order valence-electron chi connectivity index (χ3n) is 2.52. The van der Waals surface area contributed by atoms with E-state index in [9.17, 15) is 0 Å². The molecule has 0 amide bonds. The van der Waals surface area contributed by atoms with Crippen LogP contribution in [0.2, 0.25) is 0 Å². The predicted molar refractivity (Wildman–Crippen MR) is 57.2 cm³/mol. The number of hydrogen-bond acceptors (Lipinski definition) is 1. The van der Waals surface area contributed by atoms with Gasteiger partial charge in [-0.2, -0.15) is 0 Å². The lowest BCUT2D eigenvalue weighted by Gasteiger charge is -2.09. The fourth-order valence-corrected chi connectivity index (χ4v) is 3.39. The van der Waals surface area contributed by atoms with Crippen LogP contribution in [0.15, 0.2) is 12.3 Å². The van der Waals surface area contributed by atoms with E-state index in [0.29, 0.717) is 7.55 Å². The molecule has 0 aliphatic carbocycles. The highest BCUT2D eigenvalue weighted by Gasteiger charge is 2.30. The maximum Gasteiger partial charge on any atom is 0.146 e. The quantitative estimate of drug-likeness (QED) is 0.591. The molecule has 2 aliphatic heterocycles. The largest absolute Gasteiger partial charge is 0.377 e. The van der Waals surface area contributed by atoms with Crippen LogP contribution < -0.4 is 0 Å². The standard InChI is InChI=1S/C10H17NP/c1-2-4-11-5-3-10(8-11)9-12-6-7-12/h2,4,9-10H,3,5-8H2,1H3/q+1/b4-2+. The Morgan fingerprint density at radius 2 is 2.25 bits per heavy atom. The summed E-state index contributed by atoms with van der Waals surface area (Å²) in [6, 6.07) is 0. The summed E-state index contributed by atoms with van der Waals surface area (Å²) in [5.41, 5.74) is 0. The minimum absolute atomic E-state index is 0.434. The van der Waals surface area contributed by atoms with Gasteiger partial charge in [-0.05, 0) is 19.5 Å². The van der Waals surface area contributed by atoms with Crippen molar-refractivity contribution in [3.8, 4) is 0 Å². The van der Waals surface area contributed by atoms with Crippen molar-refractivity contribution >= 4 is 13.3 Å². The Labute approximate surface area is 75.8 Å².